The van der Waals surface area contributed by atoms with Gasteiger partial charge in [0.2, 0.25) is 5.60 Å². The summed E-state index contributed by atoms with van der Waals surface area (Å²) in [4.78, 5) is 37.4. The van der Waals surface area contributed by atoms with E-state index in [0.29, 0.717) is 0 Å². The molecule has 2 aliphatic carbocycles. The molecule has 8 atom stereocenters. The second kappa shape index (κ2) is 4.75. The van der Waals surface area contributed by atoms with Gasteiger partial charge in [-0.25, -0.2) is 9.59 Å². The zero-order valence-electron chi connectivity index (χ0n) is 14.2. The number of cyclic esters (lactones) is 1. The molecule has 26 heavy (non-hydrogen) atoms. The third-order valence-corrected chi connectivity index (χ3v) is 7.24. The molecule has 0 aromatic heterocycles. The Kier molecular flexibility index (Phi) is 3.22. The van der Waals surface area contributed by atoms with Crippen LogP contribution in [0.25, 0.3) is 0 Å². The average molecular weight is 372 g/mol. The second-order valence-corrected chi connectivity index (χ2v) is 7.73. The van der Waals surface area contributed by atoms with E-state index in [4.69, 9.17) is 9.47 Å². The summed E-state index contributed by atoms with van der Waals surface area (Å²) >= 11 is 0. The predicted octanol–water partition coefficient (Wildman–Crippen LogP) is -2.76. The molecule has 0 aromatic carbocycles. The number of aliphatic hydroxyl groups is 4. The molecule has 0 unspecified atom stereocenters. The topological polar surface area (TPSA) is 160 Å². The standard InChI is InChI=1S/C16H20O10/c1-6-7(17)3-15(22)13(6)4-8(26-10(19)9(13)18)16(23,12(21)24-2)14(15)5-25-11(14)20/h6-9,17-18,22-23H,3-5H2,1-2H3/t6-,7+,8-,9+,13+,14-,15-,16-/m0/s1. The zero-order valence-corrected chi connectivity index (χ0v) is 14.2. The molecule has 2 spiro atoms. The molecule has 10 nitrogen and oxygen atoms in total. The Morgan fingerprint density at radius 2 is 1.88 bits per heavy atom. The SMILES string of the molecule is COC(=O)[C@@]1(O)[C@@H]2C[C@]3([C@H](O)C(=O)O2)[C@@H](C)[C@H](O)C[C@@]3(O)[C@@]12COC2=O. The maximum absolute atomic E-state index is 12.6. The third-order valence-electron chi connectivity index (χ3n) is 7.24. The van der Waals surface area contributed by atoms with Gasteiger partial charge in [-0.15, -0.1) is 0 Å². The van der Waals surface area contributed by atoms with Crippen molar-refractivity contribution >= 4 is 17.9 Å². The molecule has 2 saturated heterocycles. The minimum atomic E-state index is -2.71. The van der Waals surface area contributed by atoms with Crippen LogP contribution >= 0.6 is 0 Å². The van der Waals surface area contributed by atoms with Crippen LogP contribution in [0, 0.1) is 16.7 Å². The summed E-state index contributed by atoms with van der Waals surface area (Å²) in [6.07, 6.45) is -5.34. The molecule has 0 radical (unpaired) electrons. The van der Waals surface area contributed by atoms with Crippen molar-refractivity contribution in [2.45, 2.75) is 49.3 Å². The maximum atomic E-state index is 12.6. The molecular formula is C16H20O10. The molecule has 4 rings (SSSR count). The number of hydrogen-bond donors (Lipinski definition) is 4. The lowest BCUT2D eigenvalue weighted by Gasteiger charge is -2.68. The second-order valence-electron chi connectivity index (χ2n) is 7.73. The number of rotatable bonds is 1. The Bertz CT molecular complexity index is 722. The van der Waals surface area contributed by atoms with Gasteiger partial charge in [-0.1, -0.05) is 6.92 Å². The van der Waals surface area contributed by atoms with Crippen molar-refractivity contribution in [2.24, 2.45) is 16.7 Å². The van der Waals surface area contributed by atoms with Crippen molar-refractivity contribution in [3.8, 4) is 0 Å². The molecule has 4 fully saturated rings. The van der Waals surface area contributed by atoms with Gasteiger partial charge in [0.25, 0.3) is 0 Å². The lowest BCUT2D eigenvalue weighted by Crippen LogP contribution is -2.88. The fourth-order valence-electron chi connectivity index (χ4n) is 5.78. The number of hydrogen-bond acceptors (Lipinski definition) is 10. The van der Waals surface area contributed by atoms with E-state index in [-0.39, 0.29) is 6.42 Å². The smallest absolute Gasteiger partial charge is 0.343 e. The highest BCUT2D eigenvalue weighted by Crippen LogP contribution is 2.72. The van der Waals surface area contributed by atoms with Crippen molar-refractivity contribution in [3.05, 3.63) is 0 Å². The van der Waals surface area contributed by atoms with Gasteiger partial charge >= 0.3 is 17.9 Å². The summed E-state index contributed by atoms with van der Waals surface area (Å²) in [7, 11) is 0.982. The van der Waals surface area contributed by atoms with Gasteiger partial charge in [0.15, 0.2) is 11.5 Å². The van der Waals surface area contributed by atoms with Gasteiger partial charge in [0.05, 0.1) is 18.8 Å². The zero-order chi connectivity index (χ0) is 19.3. The Labute approximate surface area is 147 Å². The highest BCUT2D eigenvalue weighted by molar-refractivity contribution is 5.97. The molecule has 2 bridgehead atoms. The van der Waals surface area contributed by atoms with Crippen molar-refractivity contribution in [2.75, 3.05) is 13.7 Å². The lowest BCUT2D eigenvalue weighted by atomic mass is 9.42. The summed E-state index contributed by atoms with van der Waals surface area (Å²) in [6.45, 7) is 0.984. The first-order valence-corrected chi connectivity index (χ1v) is 8.31. The molecule has 0 amide bonds. The van der Waals surface area contributed by atoms with E-state index in [1.165, 1.54) is 6.92 Å². The van der Waals surface area contributed by atoms with E-state index in [2.05, 4.69) is 4.74 Å². The summed E-state index contributed by atoms with van der Waals surface area (Å²) in [6, 6.07) is 0. The van der Waals surface area contributed by atoms with Gasteiger partial charge in [-0.2, -0.15) is 0 Å². The quantitative estimate of drug-likeness (QED) is 0.280. The molecule has 144 valence electrons. The first-order chi connectivity index (χ1) is 12.0. The van der Waals surface area contributed by atoms with E-state index in [0.717, 1.165) is 7.11 Å². The van der Waals surface area contributed by atoms with E-state index in [9.17, 15) is 34.8 Å². The van der Waals surface area contributed by atoms with E-state index >= 15 is 0 Å². The molecule has 10 heteroatoms. The van der Waals surface area contributed by atoms with E-state index in [1.807, 2.05) is 0 Å². The normalized spacial score (nSPS) is 54.8. The Hall–Kier alpha value is -1.75. The average Bonchev–Trinajstić information content (AvgIpc) is 2.78. The van der Waals surface area contributed by atoms with Gasteiger partial charge in [0, 0.05) is 11.8 Å². The van der Waals surface area contributed by atoms with Crippen LogP contribution in [0.2, 0.25) is 0 Å². The Morgan fingerprint density at radius 1 is 1.23 bits per heavy atom. The highest BCUT2D eigenvalue weighted by atomic mass is 16.6. The molecular weight excluding hydrogens is 352 g/mol. The van der Waals surface area contributed by atoms with Gasteiger partial charge < -0.3 is 34.6 Å². The minimum Gasteiger partial charge on any atom is -0.467 e. The number of carbonyl (C=O) groups excluding carboxylic acids is 3. The van der Waals surface area contributed by atoms with Crippen molar-refractivity contribution in [1.29, 1.82) is 0 Å². The fourth-order valence-corrected chi connectivity index (χ4v) is 5.78. The number of methoxy groups -OCH3 is 1. The first-order valence-electron chi connectivity index (χ1n) is 8.31. The summed E-state index contributed by atoms with van der Waals surface area (Å²) in [5, 5.41) is 44.0. The van der Waals surface area contributed by atoms with E-state index in [1.54, 1.807) is 0 Å². The van der Waals surface area contributed by atoms with Crippen molar-refractivity contribution < 1.29 is 49.0 Å². The van der Waals surface area contributed by atoms with Crippen LogP contribution in [-0.4, -0.2) is 81.6 Å². The van der Waals surface area contributed by atoms with Crippen LogP contribution < -0.4 is 0 Å². The number of aliphatic hydroxyl groups excluding tert-OH is 2. The molecule has 2 aliphatic heterocycles. The number of esters is 3. The van der Waals surface area contributed by atoms with Crippen LogP contribution in [0.1, 0.15) is 19.8 Å². The highest BCUT2D eigenvalue weighted by Gasteiger charge is 2.91. The molecule has 2 heterocycles. The summed E-state index contributed by atoms with van der Waals surface area (Å²) < 4.78 is 14.5. The fraction of sp³-hybridized carbons (Fsp3) is 0.812. The first kappa shape index (κ1) is 17.7. The van der Waals surface area contributed by atoms with E-state index < -0.39 is 77.2 Å². The van der Waals surface area contributed by atoms with Gasteiger partial charge in [-0.05, 0) is 12.3 Å². The largest absolute Gasteiger partial charge is 0.467 e. The van der Waals surface area contributed by atoms with Gasteiger partial charge in [0.1, 0.15) is 12.7 Å². The number of carbonyl (C=O) groups is 3. The van der Waals surface area contributed by atoms with Crippen molar-refractivity contribution in [3.63, 3.8) is 0 Å². The monoisotopic (exact) mass is 372 g/mol. The molecule has 4 N–H and O–H groups in total. The summed E-state index contributed by atoms with van der Waals surface area (Å²) in [5.41, 5.74) is -8.92. The lowest BCUT2D eigenvalue weighted by molar-refractivity contribution is -0.357. The number of fused-ring (bicyclic) bond motifs is 2. The predicted molar refractivity (Wildman–Crippen MR) is 78.0 cm³/mol. The number of ether oxygens (including phenoxy) is 3. The van der Waals surface area contributed by atoms with Crippen LogP contribution in [0.5, 0.6) is 0 Å². The summed E-state index contributed by atoms with van der Waals surface area (Å²) in [5.74, 6) is -4.30. The molecule has 2 saturated carbocycles. The van der Waals surface area contributed by atoms with Crippen molar-refractivity contribution in [1.82, 2.24) is 0 Å². The van der Waals surface area contributed by atoms with Crippen LogP contribution in [0.15, 0.2) is 0 Å². The maximum Gasteiger partial charge on any atom is 0.343 e. The molecule has 4 aliphatic rings. The van der Waals surface area contributed by atoms with Crippen LogP contribution in [0.4, 0.5) is 0 Å². The van der Waals surface area contributed by atoms with Gasteiger partial charge in [-0.3, -0.25) is 4.79 Å². The Morgan fingerprint density at radius 3 is 2.38 bits per heavy atom. The molecule has 0 aromatic rings. The van der Waals surface area contributed by atoms with Crippen LogP contribution in [-0.2, 0) is 28.6 Å². The minimum absolute atomic E-state index is 0.324. The third kappa shape index (κ3) is 1.38. The Balaban J connectivity index is 2.05. The van der Waals surface area contributed by atoms with Crippen LogP contribution in [0.3, 0.4) is 0 Å².